The summed E-state index contributed by atoms with van der Waals surface area (Å²) in [5, 5.41) is 6.48. The van der Waals surface area contributed by atoms with Gasteiger partial charge in [0.15, 0.2) is 13.2 Å². The summed E-state index contributed by atoms with van der Waals surface area (Å²) in [4.78, 5) is 41.3. The van der Waals surface area contributed by atoms with Crippen LogP contribution < -0.4 is 10.1 Å². The van der Waals surface area contributed by atoms with E-state index in [1.165, 1.54) is 24.1 Å². The summed E-state index contributed by atoms with van der Waals surface area (Å²) in [6.45, 7) is 6.75. The third kappa shape index (κ3) is 7.53. The Kier molecular flexibility index (Phi) is 7.51. The second kappa shape index (κ2) is 9.86. The Morgan fingerprint density at radius 2 is 1.83 bits per heavy atom. The fourth-order valence-electron chi connectivity index (χ4n) is 2.32. The van der Waals surface area contributed by atoms with Crippen LogP contribution in [-0.2, 0) is 20.9 Å². The van der Waals surface area contributed by atoms with Crippen LogP contribution in [-0.4, -0.2) is 58.6 Å². The Bertz CT molecular complexity index is 885. The molecule has 0 bridgehead atoms. The quantitative estimate of drug-likeness (QED) is 0.640. The Hall–Kier alpha value is -3.43. The van der Waals surface area contributed by atoms with Crippen LogP contribution in [0.2, 0.25) is 0 Å². The Morgan fingerprint density at radius 3 is 2.40 bits per heavy atom. The molecular formula is C20H26N4O6. The fraction of sp³-hybridized carbons (Fsp3) is 0.450. The highest BCUT2D eigenvalue weighted by Crippen LogP contribution is 2.14. The average molecular weight is 418 g/mol. The molecule has 10 nitrogen and oxygen atoms in total. The van der Waals surface area contributed by atoms with E-state index in [1.807, 2.05) is 20.8 Å². The molecule has 0 aliphatic heterocycles. The zero-order valence-electron chi connectivity index (χ0n) is 17.7. The number of nitrogens with zero attached hydrogens (tertiary/aromatic N) is 3. The van der Waals surface area contributed by atoms with Crippen LogP contribution in [0.15, 0.2) is 28.8 Å². The van der Waals surface area contributed by atoms with Crippen molar-refractivity contribution in [2.24, 2.45) is 0 Å². The van der Waals surface area contributed by atoms with E-state index in [-0.39, 0.29) is 24.6 Å². The van der Waals surface area contributed by atoms with Gasteiger partial charge >= 0.3 is 5.97 Å². The van der Waals surface area contributed by atoms with Crippen molar-refractivity contribution in [2.75, 3.05) is 20.2 Å². The van der Waals surface area contributed by atoms with Crippen molar-refractivity contribution in [3.8, 4) is 5.75 Å². The molecule has 30 heavy (non-hydrogen) atoms. The first-order valence-corrected chi connectivity index (χ1v) is 9.27. The Morgan fingerprint density at radius 1 is 1.17 bits per heavy atom. The maximum absolute atomic E-state index is 12.1. The molecule has 1 aromatic heterocycles. The first-order chi connectivity index (χ1) is 14.0. The van der Waals surface area contributed by atoms with E-state index in [4.69, 9.17) is 14.0 Å². The number of aryl methyl sites for hydroxylation is 1. The fourth-order valence-corrected chi connectivity index (χ4v) is 2.32. The average Bonchev–Trinajstić information content (AvgIpc) is 3.08. The SMILES string of the molecule is Cc1nc(COc2ccc(C(=O)OCC(=O)N(C)CC(=O)NC(C)(C)C)cc2)no1. The second-order valence-corrected chi connectivity index (χ2v) is 7.67. The number of amides is 2. The number of likely N-dealkylation sites (N-methyl/N-ethyl adjacent to an activating group) is 1. The zero-order valence-corrected chi connectivity index (χ0v) is 17.7. The van der Waals surface area contributed by atoms with Gasteiger partial charge in [0.1, 0.15) is 5.75 Å². The molecule has 0 fully saturated rings. The maximum atomic E-state index is 12.1. The Balaban J connectivity index is 1.78. The van der Waals surface area contributed by atoms with Crippen molar-refractivity contribution in [3.63, 3.8) is 0 Å². The zero-order chi connectivity index (χ0) is 22.3. The summed E-state index contributed by atoms with van der Waals surface area (Å²) in [5.74, 6) is -0.0681. The standard InChI is InChI=1S/C20H26N4O6/c1-13-21-16(23-30-13)11-28-15-8-6-14(7-9-15)19(27)29-12-18(26)24(5)10-17(25)22-20(2,3)4/h6-9H,10-12H2,1-5H3,(H,22,25). The lowest BCUT2D eigenvalue weighted by Gasteiger charge is -2.23. The number of nitrogens with one attached hydrogen (secondary N) is 1. The lowest BCUT2D eigenvalue weighted by atomic mass is 10.1. The van der Waals surface area contributed by atoms with Crippen molar-refractivity contribution < 1.29 is 28.4 Å². The van der Waals surface area contributed by atoms with E-state index < -0.39 is 24.0 Å². The number of ether oxygens (including phenoxy) is 2. The molecule has 162 valence electrons. The van der Waals surface area contributed by atoms with E-state index in [9.17, 15) is 14.4 Å². The molecule has 1 aromatic carbocycles. The highest BCUT2D eigenvalue weighted by atomic mass is 16.5. The summed E-state index contributed by atoms with van der Waals surface area (Å²) in [7, 11) is 1.47. The third-order valence-corrected chi connectivity index (χ3v) is 3.68. The van der Waals surface area contributed by atoms with Crippen LogP contribution in [0.25, 0.3) is 0 Å². The Labute approximate surface area is 174 Å². The summed E-state index contributed by atoms with van der Waals surface area (Å²) in [5.41, 5.74) is -0.132. The van der Waals surface area contributed by atoms with Crippen molar-refractivity contribution in [3.05, 3.63) is 41.5 Å². The summed E-state index contributed by atoms with van der Waals surface area (Å²) in [6, 6.07) is 6.22. The normalized spacial score (nSPS) is 11.0. The smallest absolute Gasteiger partial charge is 0.338 e. The molecule has 0 saturated carbocycles. The monoisotopic (exact) mass is 418 g/mol. The van der Waals surface area contributed by atoms with Crippen molar-refractivity contribution in [2.45, 2.75) is 39.8 Å². The van der Waals surface area contributed by atoms with Gasteiger partial charge in [0.25, 0.3) is 5.91 Å². The van der Waals surface area contributed by atoms with Gasteiger partial charge in [0.05, 0.1) is 12.1 Å². The topological polar surface area (TPSA) is 124 Å². The predicted molar refractivity (Wildman–Crippen MR) is 106 cm³/mol. The maximum Gasteiger partial charge on any atom is 0.338 e. The molecule has 2 aromatic rings. The summed E-state index contributed by atoms with van der Waals surface area (Å²) in [6.07, 6.45) is 0. The molecule has 0 aliphatic rings. The first-order valence-electron chi connectivity index (χ1n) is 9.27. The molecule has 1 N–H and O–H groups in total. The molecule has 0 saturated heterocycles. The minimum atomic E-state index is -0.656. The van der Waals surface area contributed by atoms with Crippen molar-refractivity contribution in [1.82, 2.24) is 20.4 Å². The number of hydrogen-bond donors (Lipinski definition) is 1. The number of rotatable bonds is 8. The highest BCUT2D eigenvalue weighted by molar-refractivity contribution is 5.92. The minimum Gasteiger partial charge on any atom is -0.485 e. The number of carbonyl (C=O) groups is 3. The van der Waals surface area contributed by atoms with Gasteiger partial charge in [-0.25, -0.2) is 4.79 Å². The largest absolute Gasteiger partial charge is 0.485 e. The molecule has 1 heterocycles. The second-order valence-electron chi connectivity index (χ2n) is 7.67. The molecule has 0 spiro atoms. The van der Waals surface area contributed by atoms with E-state index >= 15 is 0 Å². The van der Waals surface area contributed by atoms with Gasteiger partial charge in [-0.15, -0.1) is 0 Å². The lowest BCUT2D eigenvalue weighted by Crippen LogP contribution is -2.46. The number of aromatic nitrogens is 2. The first kappa shape index (κ1) is 22.9. The van der Waals surface area contributed by atoms with Gasteiger partial charge in [-0.3, -0.25) is 9.59 Å². The van der Waals surface area contributed by atoms with Crippen molar-refractivity contribution in [1.29, 1.82) is 0 Å². The number of hydrogen-bond acceptors (Lipinski definition) is 8. The van der Waals surface area contributed by atoms with Crippen LogP contribution in [0, 0.1) is 6.92 Å². The molecule has 0 radical (unpaired) electrons. The molecule has 10 heteroatoms. The molecule has 2 amide bonds. The summed E-state index contributed by atoms with van der Waals surface area (Å²) >= 11 is 0. The molecule has 0 aliphatic carbocycles. The predicted octanol–water partition coefficient (Wildman–Crippen LogP) is 1.49. The van der Waals surface area contributed by atoms with Crippen LogP contribution >= 0.6 is 0 Å². The van der Waals surface area contributed by atoms with Gasteiger partial charge < -0.3 is 24.2 Å². The van der Waals surface area contributed by atoms with E-state index in [1.54, 1.807) is 19.1 Å². The van der Waals surface area contributed by atoms with E-state index in [2.05, 4.69) is 15.5 Å². The molecule has 0 unspecified atom stereocenters. The number of esters is 1. The van der Waals surface area contributed by atoms with Gasteiger partial charge in [-0.2, -0.15) is 4.98 Å². The van der Waals surface area contributed by atoms with Gasteiger partial charge in [-0.05, 0) is 45.0 Å². The molecule has 2 rings (SSSR count). The van der Waals surface area contributed by atoms with Crippen LogP contribution in [0.1, 0.15) is 42.8 Å². The number of carbonyl (C=O) groups excluding carboxylic acids is 3. The minimum absolute atomic E-state index is 0.125. The van der Waals surface area contributed by atoms with Gasteiger partial charge in [0, 0.05) is 19.5 Å². The van der Waals surface area contributed by atoms with Crippen LogP contribution in [0.4, 0.5) is 0 Å². The number of benzene rings is 1. The van der Waals surface area contributed by atoms with Crippen LogP contribution in [0.5, 0.6) is 5.75 Å². The molecule has 0 atom stereocenters. The lowest BCUT2D eigenvalue weighted by molar-refractivity contribution is -0.137. The highest BCUT2D eigenvalue weighted by Gasteiger charge is 2.19. The van der Waals surface area contributed by atoms with Gasteiger partial charge in [0.2, 0.25) is 17.6 Å². The third-order valence-electron chi connectivity index (χ3n) is 3.68. The molecular weight excluding hydrogens is 392 g/mol. The summed E-state index contributed by atoms with van der Waals surface area (Å²) < 4.78 is 15.4. The van der Waals surface area contributed by atoms with Crippen LogP contribution in [0.3, 0.4) is 0 Å². The van der Waals surface area contributed by atoms with E-state index in [0.717, 1.165) is 0 Å². The van der Waals surface area contributed by atoms with Gasteiger partial charge in [-0.1, -0.05) is 5.16 Å². The van der Waals surface area contributed by atoms with E-state index in [0.29, 0.717) is 17.5 Å². The van der Waals surface area contributed by atoms with Crippen molar-refractivity contribution >= 4 is 17.8 Å².